The van der Waals surface area contributed by atoms with Gasteiger partial charge < -0.3 is 14.6 Å². The maximum absolute atomic E-state index is 9.24. The molecule has 3 heteroatoms. The number of aliphatic hydroxyl groups is 1. The van der Waals surface area contributed by atoms with Crippen molar-refractivity contribution in [2.75, 3.05) is 27.4 Å². The summed E-state index contributed by atoms with van der Waals surface area (Å²) in [6.07, 6.45) is -0.412. The number of ether oxygens (including phenoxy) is 2. The van der Waals surface area contributed by atoms with E-state index < -0.39 is 6.10 Å². The van der Waals surface area contributed by atoms with E-state index in [0.717, 1.165) is 0 Å². The van der Waals surface area contributed by atoms with Crippen LogP contribution in [0.2, 0.25) is 0 Å². The van der Waals surface area contributed by atoms with E-state index in [1.54, 1.807) is 14.2 Å². The Balaban J connectivity index is 3.38. The molecule has 0 amide bonds. The number of aliphatic hydroxyl groups excluding tert-OH is 1. The van der Waals surface area contributed by atoms with Crippen molar-refractivity contribution in [1.82, 2.24) is 0 Å². The minimum Gasteiger partial charge on any atom is -0.390 e. The summed E-state index contributed by atoms with van der Waals surface area (Å²) in [5, 5.41) is 9.24. The smallest absolute Gasteiger partial charge is 0.0820 e. The molecule has 0 aliphatic rings. The molecule has 0 saturated heterocycles. The molecule has 0 aromatic carbocycles. The lowest BCUT2D eigenvalue weighted by atomic mass is 10.1. The number of rotatable bonds is 5. The van der Waals surface area contributed by atoms with Gasteiger partial charge in [0, 0.05) is 20.1 Å². The summed E-state index contributed by atoms with van der Waals surface area (Å²) in [5.41, 5.74) is 0. The van der Waals surface area contributed by atoms with Gasteiger partial charge in [-0.1, -0.05) is 6.92 Å². The monoisotopic (exact) mass is 148 g/mol. The minimum atomic E-state index is -0.412. The van der Waals surface area contributed by atoms with Crippen LogP contribution in [0.1, 0.15) is 6.92 Å². The van der Waals surface area contributed by atoms with Crippen LogP contribution in [0.15, 0.2) is 0 Å². The van der Waals surface area contributed by atoms with Gasteiger partial charge in [-0.2, -0.15) is 0 Å². The zero-order valence-corrected chi connectivity index (χ0v) is 6.83. The molecule has 2 unspecified atom stereocenters. The molecule has 0 saturated carbocycles. The highest BCUT2D eigenvalue weighted by molar-refractivity contribution is 4.61. The average Bonchev–Trinajstić information content (AvgIpc) is 1.89. The molecule has 1 N–H and O–H groups in total. The highest BCUT2D eigenvalue weighted by atomic mass is 16.5. The SMILES string of the molecule is COCC(C)C(O)COC. The van der Waals surface area contributed by atoms with E-state index in [-0.39, 0.29) is 5.92 Å². The fourth-order valence-electron chi connectivity index (χ4n) is 0.709. The third kappa shape index (κ3) is 3.82. The molecule has 0 aliphatic carbocycles. The molecule has 62 valence electrons. The van der Waals surface area contributed by atoms with Crippen LogP contribution < -0.4 is 0 Å². The molecule has 0 aromatic rings. The Kier molecular flexibility index (Phi) is 5.58. The highest BCUT2D eigenvalue weighted by Gasteiger charge is 2.12. The molecule has 0 fully saturated rings. The molecule has 3 nitrogen and oxygen atoms in total. The minimum absolute atomic E-state index is 0.143. The van der Waals surface area contributed by atoms with Crippen LogP contribution in [-0.4, -0.2) is 38.6 Å². The van der Waals surface area contributed by atoms with Gasteiger partial charge in [0.2, 0.25) is 0 Å². The lowest BCUT2D eigenvalue weighted by Crippen LogP contribution is -2.26. The van der Waals surface area contributed by atoms with Gasteiger partial charge in [0.15, 0.2) is 0 Å². The first-order chi connectivity index (χ1) is 4.72. The topological polar surface area (TPSA) is 38.7 Å². The molecule has 0 aliphatic heterocycles. The van der Waals surface area contributed by atoms with Crippen molar-refractivity contribution in [3.63, 3.8) is 0 Å². The Morgan fingerprint density at radius 3 is 2.10 bits per heavy atom. The van der Waals surface area contributed by atoms with Gasteiger partial charge in [-0.15, -0.1) is 0 Å². The lowest BCUT2D eigenvalue weighted by molar-refractivity contribution is 0.00388. The molecule has 10 heavy (non-hydrogen) atoms. The zero-order chi connectivity index (χ0) is 7.98. The Labute approximate surface area is 62.0 Å². The summed E-state index contributed by atoms with van der Waals surface area (Å²) in [6.45, 7) is 2.88. The predicted molar refractivity (Wildman–Crippen MR) is 38.9 cm³/mol. The Hall–Kier alpha value is -0.120. The molecule has 2 atom stereocenters. The van der Waals surface area contributed by atoms with Crippen LogP contribution in [0.5, 0.6) is 0 Å². The summed E-state index contributed by atoms with van der Waals surface area (Å²) in [6, 6.07) is 0. The molecule has 0 rings (SSSR count). The summed E-state index contributed by atoms with van der Waals surface area (Å²) in [7, 11) is 3.19. The first kappa shape index (κ1) is 9.88. The number of hydrogen-bond donors (Lipinski definition) is 1. The largest absolute Gasteiger partial charge is 0.390 e. The molecule has 0 spiro atoms. The Morgan fingerprint density at radius 1 is 1.20 bits per heavy atom. The third-order valence-electron chi connectivity index (χ3n) is 1.42. The van der Waals surface area contributed by atoms with Gasteiger partial charge in [-0.3, -0.25) is 0 Å². The van der Waals surface area contributed by atoms with Crippen molar-refractivity contribution in [2.24, 2.45) is 5.92 Å². The Morgan fingerprint density at radius 2 is 1.70 bits per heavy atom. The fourth-order valence-corrected chi connectivity index (χ4v) is 0.709. The van der Waals surface area contributed by atoms with E-state index in [2.05, 4.69) is 0 Å². The van der Waals surface area contributed by atoms with Gasteiger partial charge >= 0.3 is 0 Å². The van der Waals surface area contributed by atoms with Gasteiger partial charge in [0.05, 0.1) is 19.3 Å². The van der Waals surface area contributed by atoms with Crippen LogP contribution in [0.3, 0.4) is 0 Å². The Bertz CT molecular complexity index is 65.3. The molecule has 0 radical (unpaired) electrons. The van der Waals surface area contributed by atoms with Gasteiger partial charge in [0.1, 0.15) is 0 Å². The molecule has 0 heterocycles. The maximum atomic E-state index is 9.24. The van der Waals surface area contributed by atoms with E-state index in [4.69, 9.17) is 9.47 Å². The molecule has 0 aromatic heterocycles. The number of methoxy groups -OCH3 is 2. The third-order valence-corrected chi connectivity index (χ3v) is 1.42. The fraction of sp³-hybridized carbons (Fsp3) is 1.00. The van der Waals surface area contributed by atoms with E-state index in [0.29, 0.717) is 13.2 Å². The first-order valence-corrected chi connectivity index (χ1v) is 3.38. The average molecular weight is 148 g/mol. The summed E-state index contributed by atoms with van der Waals surface area (Å²) in [4.78, 5) is 0. The second-order valence-electron chi connectivity index (χ2n) is 2.46. The van der Waals surface area contributed by atoms with E-state index >= 15 is 0 Å². The quantitative estimate of drug-likeness (QED) is 0.608. The van der Waals surface area contributed by atoms with Crippen molar-refractivity contribution in [3.8, 4) is 0 Å². The molecule has 0 bridgehead atoms. The normalized spacial score (nSPS) is 16.8. The van der Waals surface area contributed by atoms with Gasteiger partial charge in [0.25, 0.3) is 0 Å². The van der Waals surface area contributed by atoms with Crippen LogP contribution in [0, 0.1) is 5.92 Å². The van der Waals surface area contributed by atoms with Crippen molar-refractivity contribution in [2.45, 2.75) is 13.0 Å². The highest BCUT2D eigenvalue weighted by Crippen LogP contribution is 2.02. The van der Waals surface area contributed by atoms with Crippen LogP contribution in [0.4, 0.5) is 0 Å². The van der Waals surface area contributed by atoms with Crippen LogP contribution >= 0.6 is 0 Å². The standard InChI is InChI=1S/C7H16O3/c1-6(4-9-2)7(8)5-10-3/h6-8H,4-5H2,1-3H3. The van der Waals surface area contributed by atoms with Gasteiger partial charge in [-0.25, -0.2) is 0 Å². The second-order valence-corrected chi connectivity index (χ2v) is 2.46. The molecular weight excluding hydrogens is 132 g/mol. The first-order valence-electron chi connectivity index (χ1n) is 3.38. The predicted octanol–water partition coefficient (Wildman–Crippen LogP) is 0.276. The van der Waals surface area contributed by atoms with Crippen molar-refractivity contribution >= 4 is 0 Å². The number of hydrogen-bond acceptors (Lipinski definition) is 3. The van der Waals surface area contributed by atoms with Crippen LogP contribution in [-0.2, 0) is 9.47 Å². The zero-order valence-electron chi connectivity index (χ0n) is 6.83. The van der Waals surface area contributed by atoms with Crippen molar-refractivity contribution in [3.05, 3.63) is 0 Å². The second kappa shape index (κ2) is 5.65. The van der Waals surface area contributed by atoms with E-state index in [1.807, 2.05) is 6.92 Å². The maximum Gasteiger partial charge on any atom is 0.0820 e. The lowest BCUT2D eigenvalue weighted by Gasteiger charge is -2.16. The van der Waals surface area contributed by atoms with Crippen molar-refractivity contribution in [1.29, 1.82) is 0 Å². The van der Waals surface area contributed by atoms with Gasteiger partial charge in [-0.05, 0) is 0 Å². The van der Waals surface area contributed by atoms with Crippen molar-refractivity contribution < 1.29 is 14.6 Å². The van der Waals surface area contributed by atoms with E-state index in [1.165, 1.54) is 0 Å². The summed E-state index contributed by atoms with van der Waals surface area (Å²) >= 11 is 0. The molecular formula is C7H16O3. The van der Waals surface area contributed by atoms with Crippen LogP contribution in [0.25, 0.3) is 0 Å². The summed E-state index contributed by atoms with van der Waals surface area (Å²) < 4.78 is 9.62. The summed E-state index contributed by atoms with van der Waals surface area (Å²) in [5.74, 6) is 0.143. The van der Waals surface area contributed by atoms with E-state index in [9.17, 15) is 5.11 Å².